The van der Waals surface area contributed by atoms with Crippen LogP contribution in [0.2, 0.25) is 0 Å². The number of fused-ring (bicyclic) bond motifs is 1. The number of amides is 1. The smallest absolute Gasteiger partial charge is 0.238 e. The Bertz CT molecular complexity index is 1100. The Morgan fingerprint density at radius 3 is 2.31 bits per heavy atom. The highest BCUT2D eigenvalue weighted by molar-refractivity contribution is 7.89. The summed E-state index contributed by atoms with van der Waals surface area (Å²) in [7, 11) is -1.76. The third kappa shape index (κ3) is 6.12. The lowest BCUT2D eigenvalue weighted by Gasteiger charge is -2.17. The van der Waals surface area contributed by atoms with Crippen molar-refractivity contribution in [2.45, 2.75) is 17.9 Å². The number of rotatable bonds is 8. The zero-order valence-corrected chi connectivity index (χ0v) is 17.2. The van der Waals surface area contributed by atoms with Crippen LogP contribution >= 0.6 is 0 Å². The number of sulfonamides is 1. The average Bonchev–Trinajstić information content (AvgIpc) is 2.67. The maximum absolute atomic E-state index is 12.2. The fraction of sp³-hybridized carbons (Fsp3) is 0.227. The molecule has 0 saturated carbocycles. The zero-order chi connectivity index (χ0) is 20.9. The lowest BCUT2D eigenvalue weighted by molar-refractivity contribution is -0.122. The molecule has 0 fully saturated rings. The van der Waals surface area contributed by atoms with Crippen LogP contribution in [0.3, 0.4) is 0 Å². The number of nitrogens with one attached hydrogen (secondary N) is 1. The molecule has 0 aliphatic carbocycles. The van der Waals surface area contributed by atoms with Crippen LogP contribution in [0.5, 0.6) is 0 Å². The molecule has 0 bridgehead atoms. The lowest BCUT2D eigenvalue weighted by Crippen LogP contribution is -2.35. The normalized spacial score (nSPS) is 11.7. The summed E-state index contributed by atoms with van der Waals surface area (Å²) in [6.45, 7) is 1.47. The molecular weight excluding hydrogens is 386 g/mol. The maximum atomic E-state index is 12.2. The van der Waals surface area contributed by atoms with Crippen molar-refractivity contribution in [2.75, 3.05) is 20.1 Å². The van der Waals surface area contributed by atoms with Gasteiger partial charge in [-0.2, -0.15) is 0 Å². The molecule has 0 heterocycles. The van der Waals surface area contributed by atoms with Gasteiger partial charge in [-0.3, -0.25) is 9.69 Å². The minimum atomic E-state index is -3.68. The molecule has 0 saturated heterocycles. The number of hydrogen-bond acceptors (Lipinski definition) is 4. The van der Waals surface area contributed by atoms with Crippen LogP contribution in [0.25, 0.3) is 10.8 Å². The second kappa shape index (κ2) is 9.17. The summed E-state index contributed by atoms with van der Waals surface area (Å²) < 4.78 is 22.5. The average molecular weight is 412 g/mol. The van der Waals surface area contributed by atoms with Crippen LogP contribution in [-0.2, 0) is 27.8 Å². The second-order valence-electron chi connectivity index (χ2n) is 7.14. The van der Waals surface area contributed by atoms with Gasteiger partial charge in [-0.15, -0.1) is 0 Å². The maximum Gasteiger partial charge on any atom is 0.238 e. The standard InChI is InChI=1S/C22H25N3O3S/c1-25(15-18-6-9-19-4-2-3-5-20(19)14-18)16-22(26)24-13-12-17-7-10-21(11-8-17)29(23,27)28/h2-11,14H,12-13,15-16H2,1H3,(H,24,26)(H2,23,27,28). The van der Waals surface area contributed by atoms with Gasteiger partial charge in [-0.1, -0.05) is 48.5 Å². The SMILES string of the molecule is CN(CC(=O)NCCc1ccc(S(N)(=O)=O)cc1)Cc1ccc2ccccc2c1. The molecule has 6 nitrogen and oxygen atoms in total. The summed E-state index contributed by atoms with van der Waals surface area (Å²) in [5, 5.41) is 10.4. The molecule has 0 aliphatic rings. The van der Waals surface area contributed by atoms with Crippen molar-refractivity contribution >= 4 is 26.7 Å². The van der Waals surface area contributed by atoms with Gasteiger partial charge in [0.25, 0.3) is 0 Å². The van der Waals surface area contributed by atoms with Crippen LogP contribution in [0.15, 0.2) is 71.6 Å². The largest absolute Gasteiger partial charge is 0.355 e. The Hall–Kier alpha value is -2.74. The molecule has 3 aromatic rings. The van der Waals surface area contributed by atoms with Crippen LogP contribution in [0, 0.1) is 0 Å². The molecule has 0 unspecified atom stereocenters. The predicted molar refractivity (Wildman–Crippen MR) is 115 cm³/mol. The van der Waals surface area contributed by atoms with Crippen molar-refractivity contribution in [1.29, 1.82) is 0 Å². The van der Waals surface area contributed by atoms with E-state index in [4.69, 9.17) is 5.14 Å². The molecule has 1 amide bonds. The fourth-order valence-corrected chi connectivity index (χ4v) is 3.71. The van der Waals surface area contributed by atoms with E-state index in [0.29, 0.717) is 26.1 Å². The molecule has 3 rings (SSSR count). The van der Waals surface area contributed by atoms with Crippen molar-refractivity contribution in [1.82, 2.24) is 10.2 Å². The van der Waals surface area contributed by atoms with E-state index in [1.54, 1.807) is 12.1 Å². The van der Waals surface area contributed by atoms with E-state index in [2.05, 4.69) is 35.6 Å². The van der Waals surface area contributed by atoms with E-state index in [9.17, 15) is 13.2 Å². The van der Waals surface area contributed by atoms with Gasteiger partial charge in [-0.25, -0.2) is 13.6 Å². The van der Waals surface area contributed by atoms with Gasteiger partial charge in [0.15, 0.2) is 0 Å². The van der Waals surface area contributed by atoms with Crippen molar-refractivity contribution in [3.8, 4) is 0 Å². The Morgan fingerprint density at radius 1 is 0.966 bits per heavy atom. The molecule has 29 heavy (non-hydrogen) atoms. The summed E-state index contributed by atoms with van der Waals surface area (Å²) in [4.78, 5) is 14.2. The summed E-state index contributed by atoms with van der Waals surface area (Å²) in [6, 6.07) is 20.9. The summed E-state index contributed by atoms with van der Waals surface area (Å²) in [5.74, 6) is -0.0468. The van der Waals surface area contributed by atoms with Crippen LogP contribution in [-0.4, -0.2) is 39.4 Å². The Labute approximate surface area is 171 Å². The van der Waals surface area contributed by atoms with Gasteiger partial charge >= 0.3 is 0 Å². The molecule has 0 aromatic heterocycles. The van der Waals surface area contributed by atoms with Gasteiger partial charge in [0.1, 0.15) is 0 Å². The summed E-state index contributed by atoms with van der Waals surface area (Å²) in [5.41, 5.74) is 2.09. The van der Waals surface area contributed by atoms with Gasteiger partial charge in [0, 0.05) is 13.1 Å². The molecule has 3 N–H and O–H groups in total. The topological polar surface area (TPSA) is 92.5 Å². The van der Waals surface area contributed by atoms with Crippen molar-refractivity contribution in [3.05, 3.63) is 77.9 Å². The van der Waals surface area contributed by atoms with Crippen LogP contribution in [0.1, 0.15) is 11.1 Å². The van der Waals surface area contributed by atoms with Crippen LogP contribution in [0.4, 0.5) is 0 Å². The first-order chi connectivity index (χ1) is 13.8. The minimum Gasteiger partial charge on any atom is -0.355 e. The number of likely N-dealkylation sites (N-methyl/N-ethyl adjacent to an activating group) is 1. The van der Waals surface area contributed by atoms with E-state index in [-0.39, 0.29) is 10.8 Å². The number of hydrogen-bond donors (Lipinski definition) is 2. The zero-order valence-electron chi connectivity index (χ0n) is 16.3. The Morgan fingerprint density at radius 2 is 1.62 bits per heavy atom. The third-order valence-corrected chi connectivity index (χ3v) is 5.60. The number of benzene rings is 3. The highest BCUT2D eigenvalue weighted by Gasteiger charge is 2.09. The van der Waals surface area contributed by atoms with Gasteiger partial charge in [-0.05, 0) is 53.6 Å². The van der Waals surface area contributed by atoms with E-state index in [1.807, 2.05) is 24.1 Å². The molecule has 0 aliphatic heterocycles. The van der Waals surface area contributed by atoms with Crippen LogP contribution < -0.4 is 10.5 Å². The van der Waals surface area contributed by atoms with Gasteiger partial charge < -0.3 is 5.32 Å². The molecule has 3 aromatic carbocycles. The predicted octanol–water partition coefficient (Wildman–Crippen LogP) is 2.28. The van der Waals surface area contributed by atoms with Crippen molar-refractivity contribution in [2.24, 2.45) is 5.14 Å². The molecule has 0 spiro atoms. The Balaban J connectivity index is 1.45. The Kier molecular flexibility index (Phi) is 6.64. The quantitative estimate of drug-likeness (QED) is 0.595. The summed E-state index contributed by atoms with van der Waals surface area (Å²) >= 11 is 0. The first kappa shape index (κ1) is 21.0. The number of nitrogens with two attached hydrogens (primary N) is 1. The molecule has 152 valence electrons. The van der Waals surface area contributed by atoms with Crippen molar-refractivity contribution in [3.63, 3.8) is 0 Å². The second-order valence-corrected chi connectivity index (χ2v) is 8.70. The van der Waals surface area contributed by atoms with E-state index in [0.717, 1.165) is 11.1 Å². The number of carbonyl (C=O) groups excluding carboxylic acids is 1. The molecule has 0 atom stereocenters. The van der Waals surface area contributed by atoms with E-state index >= 15 is 0 Å². The highest BCUT2D eigenvalue weighted by Crippen LogP contribution is 2.16. The first-order valence-electron chi connectivity index (χ1n) is 9.36. The highest BCUT2D eigenvalue weighted by atomic mass is 32.2. The molecule has 7 heteroatoms. The van der Waals surface area contributed by atoms with Gasteiger partial charge in [0.2, 0.25) is 15.9 Å². The monoisotopic (exact) mass is 411 g/mol. The molecular formula is C22H25N3O3S. The van der Waals surface area contributed by atoms with E-state index < -0.39 is 10.0 Å². The molecule has 0 radical (unpaired) electrons. The van der Waals surface area contributed by atoms with E-state index in [1.165, 1.54) is 22.9 Å². The minimum absolute atomic E-state index is 0.0468. The fourth-order valence-electron chi connectivity index (χ4n) is 3.20. The van der Waals surface area contributed by atoms with Crippen molar-refractivity contribution < 1.29 is 13.2 Å². The lowest BCUT2D eigenvalue weighted by atomic mass is 10.1. The first-order valence-corrected chi connectivity index (χ1v) is 10.9. The number of primary sulfonamides is 1. The number of carbonyl (C=O) groups is 1. The number of nitrogens with zero attached hydrogens (tertiary/aromatic N) is 1. The third-order valence-electron chi connectivity index (χ3n) is 4.67. The summed E-state index contributed by atoms with van der Waals surface area (Å²) in [6.07, 6.45) is 0.616. The van der Waals surface area contributed by atoms with Gasteiger partial charge in [0.05, 0.1) is 11.4 Å².